The van der Waals surface area contributed by atoms with Gasteiger partial charge in [0.2, 0.25) is 17.7 Å². The summed E-state index contributed by atoms with van der Waals surface area (Å²) >= 11 is 6.11. The van der Waals surface area contributed by atoms with Gasteiger partial charge in [-0.3, -0.25) is 14.4 Å². The number of halogens is 1. The van der Waals surface area contributed by atoms with Crippen molar-refractivity contribution in [3.05, 3.63) is 35.0 Å². The first-order valence-electron chi connectivity index (χ1n) is 11.8. The largest absolute Gasteiger partial charge is 0.361 e. The Kier molecular flexibility index (Phi) is 6.71. The maximum Gasteiger partial charge on any atom is 0.227 e. The predicted molar refractivity (Wildman–Crippen MR) is 129 cm³/mol. The lowest BCUT2D eigenvalue weighted by Gasteiger charge is -2.34. The van der Waals surface area contributed by atoms with Crippen molar-refractivity contribution < 1.29 is 14.4 Å². The topological polar surface area (TPSA) is 85.5 Å². The second-order valence-electron chi connectivity index (χ2n) is 10.2. The van der Waals surface area contributed by atoms with Crippen LogP contribution in [0.1, 0.15) is 45.6 Å². The summed E-state index contributed by atoms with van der Waals surface area (Å²) in [5.74, 6) is -0.205. The zero-order valence-electron chi connectivity index (χ0n) is 19.6. The molecule has 2 N–H and O–H groups in total. The fraction of sp³-hybridized carbons (Fsp3) is 0.560. The molecule has 7 nitrogen and oxygen atoms in total. The second kappa shape index (κ2) is 9.37. The maximum atomic E-state index is 13.0. The minimum atomic E-state index is -0.272. The van der Waals surface area contributed by atoms with Gasteiger partial charge in [-0.05, 0) is 63.8 Å². The first kappa shape index (κ1) is 23.6. The van der Waals surface area contributed by atoms with E-state index in [2.05, 4.69) is 10.3 Å². The van der Waals surface area contributed by atoms with Crippen LogP contribution in [0, 0.1) is 11.8 Å². The number of fused-ring (bicyclic) bond motifs is 1. The predicted octanol–water partition coefficient (Wildman–Crippen LogP) is 3.37. The second-order valence-corrected chi connectivity index (χ2v) is 10.7. The highest BCUT2D eigenvalue weighted by Gasteiger charge is 2.41. The number of hydrogen-bond acceptors (Lipinski definition) is 3. The SMILES string of the molecule is CC(C)(C)N1CC(C(=O)N2CCC(C(=O)NCCc3c[nH]c4ccc(Cl)cc34)CC2)CC1=O. The summed E-state index contributed by atoms with van der Waals surface area (Å²) in [6.07, 6.45) is 4.29. The van der Waals surface area contributed by atoms with Gasteiger partial charge in [-0.2, -0.15) is 0 Å². The van der Waals surface area contributed by atoms with Gasteiger partial charge in [-0.1, -0.05) is 11.6 Å². The number of carbonyl (C=O) groups excluding carboxylic acids is 3. The molecule has 0 aliphatic carbocycles. The first-order valence-corrected chi connectivity index (χ1v) is 12.1. The number of nitrogens with zero attached hydrogens (tertiary/aromatic N) is 2. The van der Waals surface area contributed by atoms with Gasteiger partial charge < -0.3 is 20.1 Å². The summed E-state index contributed by atoms with van der Waals surface area (Å²) in [5.41, 5.74) is 1.90. The molecule has 4 rings (SSSR count). The number of amides is 3. The van der Waals surface area contributed by atoms with E-state index in [1.807, 2.05) is 50.1 Å². The normalized spacial score (nSPS) is 20.0. The molecular weight excluding hydrogens is 440 g/mol. The fourth-order valence-electron chi connectivity index (χ4n) is 4.96. The van der Waals surface area contributed by atoms with Gasteiger partial charge in [0.15, 0.2) is 0 Å². The first-order chi connectivity index (χ1) is 15.6. The molecule has 1 aromatic heterocycles. The fourth-order valence-corrected chi connectivity index (χ4v) is 5.14. The maximum absolute atomic E-state index is 13.0. The van der Waals surface area contributed by atoms with Gasteiger partial charge >= 0.3 is 0 Å². The summed E-state index contributed by atoms with van der Waals surface area (Å²) in [7, 11) is 0. The molecule has 1 unspecified atom stereocenters. The van der Waals surface area contributed by atoms with Crippen molar-refractivity contribution in [3.8, 4) is 0 Å². The van der Waals surface area contributed by atoms with E-state index in [-0.39, 0.29) is 41.5 Å². The van der Waals surface area contributed by atoms with Crippen molar-refractivity contribution in [2.75, 3.05) is 26.2 Å². The van der Waals surface area contributed by atoms with Crippen LogP contribution in [-0.4, -0.2) is 64.2 Å². The van der Waals surface area contributed by atoms with Gasteiger partial charge in [0.1, 0.15) is 0 Å². The highest BCUT2D eigenvalue weighted by molar-refractivity contribution is 6.31. The van der Waals surface area contributed by atoms with E-state index in [1.54, 1.807) is 4.90 Å². The van der Waals surface area contributed by atoms with Crippen LogP contribution in [0.2, 0.25) is 5.02 Å². The van der Waals surface area contributed by atoms with Crippen molar-refractivity contribution in [1.82, 2.24) is 20.1 Å². The summed E-state index contributed by atoms with van der Waals surface area (Å²) < 4.78 is 0. The third kappa shape index (κ3) is 5.18. The molecule has 2 fully saturated rings. The van der Waals surface area contributed by atoms with E-state index in [9.17, 15) is 14.4 Å². The average Bonchev–Trinajstić information content (AvgIpc) is 3.36. The lowest BCUT2D eigenvalue weighted by Crippen LogP contribution is -2.46. The lowest BCUT2D eigenvalue weighted by atomic mass is 9.94. The van der Waals surface area contributed by atoms with Gasteiger partial charge in [0.25, 0.3) is 0 Å². The minimum Gasteiger partial charge on any atom is -0.361 e. The quantitative estimate of drug-likeness (QED) is 0.699. The monoisotopic (exact) mass is 472 g/mol. The number of aromatic nitrogens is 1. The standard InChI is InChI=1S/C25H33ClN4O3/c1-25(2,3)30-15-18(12-22(30)31)24(33)29-10-7-16(8-11-29)23(32)27-9-6-17-14-28-21-5-4-19(26)13-20(17)21/h4-5,13-14,16,18,28H,6-12,15H2,1-3H3,(H,27,32). The summed E-state index contributed by atoms with van der Waals surface area (Å²) in [4.78, 5) is 44.8. The molecule has 0 bridgehead atoms. The molecule has 2 aliphatic rings. The molecule has 0 saturated carbocycles. The van der Waals surface area contributed by atoms with Crippen LogP contribution in [0.15, 0.2) is 24.4 Å². The van der Waals surface area contributed by atoms with E-state index in [0.29, 0.717) is 44.0 Å². The highest BCUT2D eigenvalue weighted by atomic mass is 35.5. The smallest absolute Gasteiger partial charge is 0.227 e. The Hall–Kier alpha value is -2.54. The summed E-state index contributed by atoms with van der Waals surface area (Å²) in [6, 6.07) is 5.75. The zero-order valence-corrected chi connectivity index (χ0v) is 20.4. The minimum absolute atomic E-state index is 0.0481. The number of H-pyrrole nitrogens is 1. The Balaban J connectivity index is 1.23. The lowest BCUT2D eigenvalue weighted by molar-refractivity contribution is -0.139. The molecule has 2 aromatic rings. The van der Waals surface area contributed by atoms with E-state index in [0.717, 1.165) is 22.9 Å². The Morgan fingerprint density at radius 1 is 1.18 bits per heavy atom. The molecule has 178 valence electrons. The van der Waals surface area contributed by atoms with Crippen molar-refractivity contribution >= 4 is 40.2 Å². The van der Waals surface area contributed by atoms with E-state index in [1.165, 1.54) is 0 Å². The van der Waals surface area contributed by atoms with Crippen molar-refractivity contribution in [2.45, 2.75) is 52.0 Å². The number of nitrogens with one attached hydrogen (secondary N) is 2. The van der Waals surface area contributed by atoms with Crippen LogP contribution in [-0.2, 0) is 20.8 Å². The molecule has 3 amide bonds. The Bertz CT molecular complexity index is 1050. The van der Waals surface area contributed by atoms with Crippen molar-refractivity contribution in [3.63, 3.8) is 0 Å². The number of carbonyl (C=O) groups is 3. The Morgan fingerprint density at radius 2 is 1.91 bits per heavy atom. The number of piperidine rings is 1. The molecule has 2 saturated heterocycles. The van der Waals surface area contributed by atoms with Crippen LogP contribution in [0.3, 0.4) is 0 Å². The number of rotatable bonds is 5. The van der Waals surface area contributed by atoms with Crippen LogP contribution >= 0.6 is 11.6 Å². The van der Waals surface area contributed by atoms with Crippen LogP contribution in [0.25, 0.3) is 10.9 Å². The van der Waals surface area contributed by atoms with E-state index < -0.39 is 0 Å². The summed E-state index contributed by atoms with van der Waals surface area (Å²) in [6.45, 7) is 8.17. The molecule has 8 heteroatoms. The van der Waals surface area contributed by atoms with Gasteiger partial charge in [-0.25, -0.2) is 0 Å². The average molecular weight is 473 g/mol. The summed E-state index contributed by atoms with van der Waals surface area (Å²) in [5, 5.41) is 4.84. The van der Waals surface area contributed by atoms with Crippen LogP contribution in [0.5, 0.6) is 0 Å². The van der Waals surface area contributed by atoms with Gasteiger partial charge in [0.05, 0.1) is 5.92 Å². The van der Waals surface area contributed by atoms with Gasteiger partial charge in [-0.15, -0.1) is 0 Å². The molecule has 1 atom stereocenters. The molecule has 0 radical (unpaired) electrons. The zero-order chi connectivity index (χ0) is 23.8. The van der Waals surface area contributed by atoms with Crippen molar-refractivity contribution in [2.24, 2.45) is 11.8 Å². The number of likely N-dealkylation sites (tertiary alicyclic amines) is 2. The van der Waals surface area contributed by atoms with E-state index >= 15 is 0 Å². The number of benzene rings is 1. The molecule has 2 aliphatic heterocycles. The third-order valence-corrected chi connectivity index (χ3v) is 7.12. The molecule has 0 spiro atoms. The van der Waals surface area contributed by atoms with E-state index in [4.69, 9.17) is 11.6 Å². The third-order valence-electron chi connectivity index (χ3n) is 6.88. The molecule has 3 heterocycles. The number of hydrogen-bond donors (Lipinski definition) is 2. The molecule has 1 aromatic carbocycles. The Morgan fingerprint density at radius 3 is 2.58 bits per heavy atom. The Labute approximate surface area is 199 Å². The molecule has 33 heavy (non-hydrogen) atoms. The van der Waals surface area contributed by atoms with Crippen molar-refractivity contribution in [1.29, 1.82) is 0 Å². The highest BCUT2D eigenvalue weighted by Crippen LogP contribution is 2.29. The number of aromatic amines is 1. The molecular formula is C25H33ClN4O3. The van der Waals surface area contributed by atoms with Crippen LogP contribution < -0.4 is 5.32 Å². The van der Waals surface area contributed by atoms with Crippen LogP contribution in [0.4, 0.5) is 0 Å². The van der Waals surface area contributed by atoms with Gasteiger partial charge in [0, 0.05) is 66.2 Å².